The molecule has 3 rings (SSSR count). The Morgan fingerprint density at radius 2 is 1.60 bits per heavy atom. The van der Waals surface area contributed by atoms with Crippen LogP contribution in [0, 0.1) is 6.92 Å². The van der Waals surface area contributed by atoms with Crippen molar-refractivity contribution in [1.82, 2.24) is 4.90 Å². The van der Waals surface area contributed by atoms with Crippen LogP contribution in [0.25, 0.3) is 11.1 Å². The lowest BCUT2D eigenvalue weighted by molar-refractivity contribution is 0.261. The maximum absolute atomic E-state index is 9.92. The molecule has 0 amide bonds. The van der Waals surface area contributed by atoms with E-state index in [4.69, 9.17) is 4.74 Å². The fourth-order valence-electron chi connectivity index (χ4n) is 3.65. The van der Waals surface area contributed by atoms with Gasteiger partial charge in [0.05, 0.1) is 0 Å². The van der Waals surface area contributed by atoms with E-state index in [-0.39, 0.29) is 5.75 Å². The standard InChI is InChI=1S/C27H31NO2/c1-5-25(21-9-7-6-8-10-21)27(26-16-13-23(29)19-20(26)2)22-11-14-24(15-12-22)30-18-17-28(3)4/h6-16,19,29H,5,17-18H2,1-4H3/b27-25-. The Hall–Kier alpha value is -3.04. The van der Waals surface area contributed by atoms with E-state index < -0.39 is 0 Å². The van der Waals surface area contributed by atoms with E-state index >= 15 is 0 Å². The number of aromatic hydroxyl groups is 1. The predicted octanol–water partition coefficient (Wildman–Crippen LogP) is 6.01. The molecule has 0 unspecified atom stereocenters. The van der Waals surface area contributed by atoms with Crippen LogP contribution in [0.1, 0.15) is 35.6 Å². The fourth-order valence-corrected chi connectivity index (χ4v) is 3.65. The number of hydrogen-bond donors (Lipinski definition) is 1. The van der Waals surface area contributed by atoms with Gasteiger partial charge in [-0.2, -0.15) is 0 Å². The first-order valence-corrected chi connectivity index (χ1v) is 10.5. The molecule has 1 N–H and O–H groups in total. The van der Waals surface area contributed by atoms with Gasteiger partial charge in [0.15, 0.2) is 0 Å². The summed E-state index contributed by atoms with van der Waals surface area (Å²) in [4.78, 5) is 2.11. The molecule has 0 aliphatic heterocycles. The third kappa shape index (κ3) is 5.31. The first-order valence-electron chi connectivity index (χ1n) is 10.5. The average molecular weight is 402 g/mol. The molecule has 3 nitrogen and oxygen atoms in total. The highest BCUT2D eigenvalue weighted by Crippen LogP contribution is 2.37. The molecule has 30 heavy (non-hydrogen) atoms. The first kappa shape index (κ1) is 21.7. The van der Waals surface area contributed by atoms with Gasteiger partial charge in [0.1, 0.15) is 18.1 Å². The number of phenolic OH excluding ortho intramolecular Hbond substituents is 1. The van der Waals surface area contributed by atoms with Crippen LogP contribution in [0.2, 0.25) is 0 Å². The van der Waals surface area contributed by atoms with E-state index in [1.807, 2.05) is 51.4 Å². The van der Waals surface area contributed by atoms with Gasteiger partial charge in [0.2, 0.25) is 0 Å². The molecule has 0 fully saturated rings. The van der Waals surface area contributed by atoms with E-state index in [1.54, 1.807) is 6.07 Å². The highest BCUT2D eigenvalue weighted by Gasteiger charge is 2.15. The molecule has 0 radical (unpaired) electrons. The lowest BCUT2D eigenvalue weighted by Gasteiger charge is -2.19. The molecule has 0 aromatic heterocycles. The van der Waals surface area contributed by atoms with Gasteiger partial charge < -0.3 is 14.7 Å². The molecule has 0 saturated heterocycles. The van der Waals surface area contributed by atoms with Crippen molar-refractivity contribution in [2.24, 2.45) is 0 Å². The minimum absolute atomic E-state index is 0.290. The Balaban J connectivity index is 2.07. The Bertz CT molecular complexity index is 989. The predicted molar refractivity (Wildman–Crippen MR) is 126 cm³/mol. The van der Waals surface area contributed by atoms with Crippen LogP contribution in [0.5, 0.6) is 11.5 Å². The molecule has 0 saturated carbocycles. The quantitative estimate of drug-likeness (QED) is 0.469. The third-order valence-electron chi connectivity index (χ3n) is 5.21. The zero-order valence-corrected chi connectivity index (χ0v) is 18.4. The zero-order chi connectivity index (χ0) is 21.5. The Kier molecular flexibility index (Phi) is 7.31. The second kappa shape index (κ2) is 10.1. The van der Waals surface area contributed by atoms with E-state index in [1.165, 1.54) is 16.7 Å². The van der Waals surface area contributed by atoms with Crippen molar-refractivity contribution >= 4 is 11.1 Å². The number of hydrogen-bond acceptors (Lipinski definition) is 3. The lowest BCUT2D eigenvalue weighted by Crippen LogP contribution is -2.19. The van der Waals surface area contributed by atoms with Crippen molar-refractivity contribution in [3.63, 3.8) is 0 Å². The SMILES string of the molecule is CC/C(=C(\c1ccc(OCCN(C)C)cc1)c1ccc(O)cc1C)c1ccccc1. The smallest absolute Gasteiger partial charge is 0.119 e. The molecule has 0 bridgehead atoms. The summed E-state index contributed by atoms with van der Waals surface area (Å²) in [7, 11) is 4.08. The summed E-state index contributed by atoms with van der Waals surface area (Å²) in [5, 5.41) is 9.92. The van der Waals surface area contributed by atoms with Crippen molar-refractivity contribution in [2.45, 2.75) is 20.3 Å². The maximum Gasteiger partial charge on any atom is 0.119 e. The molecule has 156 valence electrons. The van der Waals surface area contributed by atoms with Crippen LogP contribution in [0.15, 0.2) is 72.8 Å². The van der Waals surface area contributed by atoms with Gasteiger partial charge in [-0.3, -0.25) is 0 Å². The number of phenols is 1. The summed E-state index contributed by atoms with van der Waals surface area (Å²) in [5.41, 5.74) is 7.03. The van der Waals surface area contributed by atoms with Crippen LogP contribution in [0.4, 0.5) is 0 Å². The number of likely N-dealkylation sites (N-methyl/N-ethyl adjacent to an activating group) is 1. The number of benzene rings is 3. The van der Waals surface area contributed by atoms with Crippen LogP contribution in [0.3, 0.4) is 0 Å². The maximum atomic E-state index is 9.92. The molecule has 0 aliphatic rings. The number of ether oxygens (including phenoxy) is 1. The van der Waals surface area contributed by atoms with E-state index in [2.05, 4.69) is 48.2 Å². The Morgan fingerprint density at radius 1 is 0.900 bits per heavy atom. The number of aryl methyl sites for hydroxylation is 1. The summed E-state index contributed by atoms with van der Waals surface area (Å²) < 4.78 is 5.88. The molecular weight excluding hydrogens is 370 g/mol. The Morgan fingerprint density at radius 3 is 2.20 bits per heavy atom. The average Bonchev–Trinajstić information content (AvgIpc) is 2.74. The summed E-state index contributed by atoms with van der Waals surface area (Å²) >= 11 is 0. The van der Waals surface area contributed by atoms with Crippen molar-refractivity contribution < 1.29 is 9.84 Å². The normalized spacial score (nSPS) is 12.0. The molecule has 0 heterocycles. The fraction of sp³-hybridized carbons (Fsp3) is 0.259. The number of nitrogens with zero attached hydrogens (tertiary/aromatic N) is 1. The number of rotatable bonds is 8. The second-order valence-electron chi connectivity index (χ2n) is 7.75. The topological polar surface area (TPSA) is 32.7 Å². The van der Waals surface area contributed by atoms with Gasteiger partial charge in [-0.15, -0.1) is 0 Å². The molecule has 3 heteroatoms. The van der Waals surface area contributed by atoms with Gasteiger partial charge in [0, 0.05) is 6.54 Å². The van der Waals surface area contributed by atoms with Gasteiger partial charge >= 0.3 is 0 Å². The van der Waals surface area contributed by atoms with Crippen LogP contribution < -0.4 is 4.74 Å². The summed E-state index contributed by atoms with van der Waals surface area (Å²) in [5.74, 6) is 1.16. The summed E-state index contributed by atoms with van der Waals surface area (Å²) in [6.07, 6.45) is 0.904. The van der Waals surface area contributed by atoms with Crippen molar-refractivity contribution in [2.75, 3.05) is 27.2 Å². The van der Waals surface area contributed by atoms with Gasteiger partial charge in [0.25, 0.3) is 0 Å². The summed E-state index contributed by atoms with van der Waals surface area (Å²) in [6.45, 7) is 5.78. The van der Waals surface area contributed by atoms with E-state index in [0.29, 0.717) is 6.61 Å². The van der Waals surface area contributed by atoms with Gasteiger partial charge in [-0.1, -0.05) is 55.5 Å². The monoisotopic (exact) mass is 401 g/mol. The van der Waals surface area contributed by atoms with E-state index in [9.17, 15) is 5.11 Å². The van der Waals surface area contributed by atoms with Crippen molar-refractivity contribution in [1.29, 1.82) is 0 Å². The molecule has 0 atom stereocenters. The highest BCUT2D eigenvalue weighted by molar-refractivity contribution is 5.99. The molecule has 3 aromatic carbocycles. The highest BCUT2D eigenvalue weighted by atomic mass is 16.5. The molecule has 0 spiro atoms. The van der Waals surface area contributed by atoms with Gasteiger partial charge in [-0.05, 0) is 85.1 Å². The molecule has 0 aliphatic carbocycles. The number of allylic oxidation sites excluding steroid dienone is 1. The van der Waals surface area contributed by atoms with Crippen LogP contribution >= 0.6 is 0 Å². The van der Waals surface area contributed by atoms with Crippen molar-refractivity contribution in [3.8, 4) is 11.5 Å². The zero-order valence-electron chi connectivity index (χ0n) is 18.4. The largest absolute Gasteiger partial charge is 0.508 e. The van der Waals surface area contributed by atoms with Crippen LogP contribution in [-0.4, -0.2) is 37.3 Å². The van der Waals surface area contributed by atoms with E-state index in [0.717, 1.165) is 35.4 Å². The first-order chi connectivity index (χ1) is 14.5. The second-order valence-corrected chi connectivity index (χ2v) is 7.75. The lowest BCUT2D eigenvalue weighted by atomic mass is 9.86. The summed E-state index contributed by atoms with van der Waals surface area (Å²) in [6, 6.07) is 24.5. The van der Waals surface area contributed by atoms with Crippen molar-refractivity contribution in [3.05, 3.63) is 95.1 Å². The molecular formula is C27H31NO2. The van der Waals surface area contributed by atoms with Gasteiger partial charge in [-0.25, -0.2) is 0 Å². The molecule has 3 aromatic rings. The van der Waals surface area contributed by atoms with Crippen LogP contribution in [-0.2, 0) is 0 Å². The Labute approximate surface area is 180 Å². The minimum atomic E-state index is 0.290. The third-order valence-corrected chi connectivity index (χ3v) is 5.21. The minimum Gasteiger partial charge on any atom is -0.508 e.